The highest BCUT2D eigenvalue weighted by Gasteiger charge is 2.13. The van der Waals surface area contributed by atoms with Gasteiger partial charge in [-0.25, -0.2) is 0 Å². The van der Waals surface area contributed by atoms with E-state index in [4.69, 9.17) is 21.7 Å². The minimum atomic E-state index is -0.234. The summed E-state index contributed by atoms with van der Waals surface area (Å²) in [6.45, 7) is 1.79. The second-order valence-corrected chi connectivity index (χ2v) is 4.95. The SMILES string of the molecule is COc1cc(Cc2c(C)[nH]c(=S)[nH]c2=O)cc(OC)c1O. The molecular formula is C14H16N2O4S. The summed E-state index contributed by atoms with van der Waals surface area (Å²) in [5.41, 5.74) is 1.82. The Morgan fingerprint density at radius 3 is 2.24 bits per heavy atom. The number of benzene rings is 1. The molecule has 2 rings (SSSR count). The van der Waals surface area contributed by atoms with Crippen LogP contribution in [0.2, 0.25) is 0 Å². The average Bonchev–Trinajstić information content (AvgIpc) is 2.44. The number of hydrogen-bond acceptors (Lipinski definition) is 5. The van der Waals surface area contributed by atoms with Gasteiger partial charge in [-0.1, -0.05) is 0 Å². The molecule has 0 unspecified atom stereocenters. The zero-order valence-electron chi connectivity index (χ0n) is 11.9. The molecule has 0 amide bonds. The highest BCUT2D eigenvalue weighted by molar-refractivity contribution is 7.71. The Balaban J connectivity index is 2.50. The molecule has 7 heteroatoms. The van der Waals surface area contributed by atoms with Gasteiger partial charge in [0.1, 0.15) is 0 Å². The highest BCUT2D eigenvalue weighted by Crippen LogP contribution is 2.37. The molecule has 0 radical (unpaired) electrons. The number of phenols is 1. The summed E-state index contributed by atoms with van der Waals surface area (Å²) in [5, 5.41) is 9.89. The number of hydrogen-bond donors (Lipinski definition) is 3. The van der Waals surface area contributed by atoms with Crippen molar-refractivity contribution in [3.05, 3.63) is 44.1 Å². The van der Waals surface area contributed by atoms with Crippen LogP contribution in [0, 0.1) is 11.7 Å². The van der Waals surface area contributed by atoms with E-state index in [0.717, 1.165) is 5.56 Å². The predicted octanol–water partition coefficient (Wildman–Crippen LogP) is 2.05. The number of rotatable bonds is 4. The zero-order valence-corrected chi connectivity index (χ0v) is 12.8. The third-order valence-electron chi connectivity index (χ3n) is 3.18. The Morgan fingerprint density at radius 2 is 1.76 bits per heavy atom. The summed E-state index contributed by atoms with van der Waals surface area (Å²) in [6, 6.07) is 3.33. The summed E-state index contributed by atoms with van der Waals surface area (Å²) in [4.78, 5) is 17.5. The summed E-state index contributed by atoms with van der Waals surface area (Å²) in [6.07, 6.45) is 0.361. The minimum absolute atomic E-state index is 0.0677. The van der Waals surface area contributed by atoms with E-state index >= 15 is 0 Å². The van der Waals surface area contributed by atoms with E-state index in [1.54, 1.807) is 19.1 Å². The quantitative estimate of drug-likeness (QED) is 0.753. The van der Waals surface area contributed by atoms with Gasteiger partial charge in [-0.2, -0.15) is 0 Å². The first-order valence-electron chi connectivity index (χ1n) is 6.22. The summed E-state index contributed by atoms with van der Waals surface area (Å²) >= 11 is 4.92. The first-order chi connectivity index (χ1) is 9.96. The van der Waals surface area contributed by atoms with Crippen LogP contribution in [-0.2, 0) is 6.42 Å². The van der Waals surface area contributed by atoms with E-state index < -0.39 is 0 Å². The van der Waals surface area contributed by atoms with E-state index in [1.165, 1.54) is 14.2 Å². The van der Waals surface area contributed by atoms with Crippen molar-refractivity contribution >= 4 is 12.2 Å². The van der Waals surface area contributed by atoms with Crippen molar-refractivity contribution in [2.45, 2.75) is 13.3 Å². The van der Waals surface area contributed by atoms with Gasteiger partial charge in [0.05, 0.1) is 14.2 Å². The number of aryl methyl sites for hydroxylation is 1. The summed E-state index contributed by atoms with van der Waals surface area (Å²) < 4.78 is 10.5. The number of aromatic nitrogens is 2. The Bertz CT molecular complexity index is 754. The van der Waals surface area contributed by atoms with Crippen molar-refractivity contribution in [2.24, 2.45) is 0 Å². The van der Waals surface area contributed by atoms with Crippen LogP contribution < -0.4 is 15.0 Å². The first kappa shape index (κ1) is 15.1. The molecule has 6 nitrogen and oxygen atoms in total. The Kier molecular flexibility index (Phi) is 4.32. The van der Waals surface area contributed by atoms with E-state index in [-0.39, 0.29) is 11.3 Å². The number of methoxy groups -OCH3 is 2. The molecule has 1 heterocycles. The van der Waals surface area contributed by atoms with Crippen LogP contribution in [0.25, 0.3) is 0 Å². The van der Waals surface area contributed by atoms with Gasteiger partial charge in [-0.05, 0) is 36.8 Å². The molecule has 3 N–H and O–H groups in total. The molecule has 21 heavy (non-hydrogen) atoms. The molecule has 0 spiro atoms. The lowest BCUT2D eigenvalue weighted by Gasteiger charge is -2.11. The average molecular weight is 308 g/mol. The van der Waals surface area contributed by atoms with Crippen molar-refractivity contribution in [1.29, 1.82) is 0 Å². The van der Waals surface area contributed by atoms with Gasteiger partial charge in [-0.15, -0.1) is 0 Å². The lowest BCUT2D eigenvalue weighted by atomic mass is 10.0. The van der Waals surface area contributed by atoms with Crippen molar-refractivity contribution < 1.29 is 14.6 Å². The van der Waals surface area contributed by atoms with Gasteiger partial charge < -0.3 is 19.6 Å². The number of nitrogens with one attached hydrogen (secondary N) is 2. The molecule has 2 aromatic rings. The smallest absolute Gasteiger partial charge is 0.255 e. The molecule has 0 fully saturated rings. The molecule has 0 aliphatic carbocycles. The lowest BCUT2D eigenvalue weighted by molar-refractivity contribution is 0.339. The molecule has 0 saturated carbocycles. The monoisotopic (exact) mass is 308 g/mol. The van der Waals surface area contributed by atoms with Gasteiger partial charge >= 0.3 is 0 Å². The molecule has 1 aromatic heterocycles. The minimum Gasteiger partial charge on any atom is -0.502 e. The van der Waals surface area contributed by atoms with Crippen molar-refractivity contribution in [1.82, 2.24) is 9.97 Å². The maximum Gasteiger partial charge on any atom is 0.255 e. The van der Waals surface area contributed by atoms with Crippen molar-refractivity contribution in [2.75, 3.05) is 14.2 Å². The Morgan fingerprint density at radius 1 is 1.19 bits per heavy atom. The lowest BCUT2D eigenvalue weighted by Crippen LogP contribution is -2.16. The third-order valence-corrected chi connectivity index (χ3v) is 3.38. The van der Waals surface area contributed by atoms with E-state index in [2.05, 4.69) is 9.97 Å². The van der Waals surface area contributed by atoms with Crippen LogP contribution in [0.4, 0.5) is 0 Å². The molecule has 0 aliphatic heterocycles. The summed E-state index contributed by atoms with van der Waals surface area (Å²) in [5.74, 6) is 0.520. The van der Waals surface area contributed by atoms with E-state index in [0.29, 0.717) is 33.9 Å². The molecule has 112 valence electrons. The van der Waals surface area contributed by atoms with Crippen LogP contribution in [0.3, 0.4) is 0 Å². The van der Waals surface area contributed by atoms with Gasteiger partial charge in [-0.3, -0.25) is 9.78 Å². The number of H-pyrrole nitrogens is 2. The van der Waals surface area contributed by atoms with E-state index in [9.17, 15) is 9.90 Å². The fourth-order valence-corrected chi connectivity index (χ4v) is 2.34. The van der Waals surface area contributed by atoms with Crippen LogP contribution >= 0.6 is 12.2 Å². The molecular weight excluding hydrogens is 292 g/mol. The van der Waals surface area contributed by atoms with Crippen molar-refractivity contribution in [3.63, 3.8) is 0 Å². The fourth-order valence-electron chi connectivity index (χ4n) is 2.09. The zero-order chi connectivity index (χ0) is 15.6. The largest absolute Gasteiger partial charge is 0.502 e. The molecule has 0 saturated heterocycles. The Labute approximate surface area is 126 Å². The maximum absolute atomic E-state index is 12.0. The second-order valence-electron chi connectivity index (χ2n) is 4.54. The number of aromatic amines is 2. The first-order valence-corrected chi connectivity index (χ1v) is 6.63. The number of ether oxygens (including phenoxy) is 2. The van der Waals surface area contributed by atoms with E-state index in [1.807, 2.05) is 0 Å². The summed E-state index contributed by atoms with van der Waals surface area (Å²) in [7, 11) is 2.91. The maximum atomic E-state index is 12.0. The topological polar surface area (TPSA) is 87.3 Å². The number of phenolic OH excluding ortho intramolecular Hbond substituents is 1. The molecule has 0 aliphatic rings. The van der Waals surface area contributed by atoms with Crippen LogP contribution in [-0.4, -0.2) is 29.3 Å². The Hall–Kier alpha value is -2.28. The predicted molar refractivity (Wildman–Crippen MR) is 81.0 cm³/mol. The van der Waals surface area contributed by atoms with Gasteiger partial charge in [0, 0.05) is 17.7 Å². The normalized spacial score (nSPS) is 10.4. The fraction of sp³-hybridized carbons (Fsp3) is 0.286. The number of aromatic hydroxyl groups is 1. The molecule has 0 bridgehead atoms. The van der Waals surface area contributed by atoms with Crippen molar-refractivity contribution in [3.8, 4) is 17.2 Å². The van der Waals surface area contributed by atoms with Crippen LogP contribution in [0.1, 0.15) is 16.8 Å². The van der Waals surface area contributed by atoms with Gasteiger partial charge in [0.15, 0.2) is 16.3 Å². The standard InChI is InChI=1S/C14H16N2O4S/c1-7-9(13(18)16-14(21)15-7)4-8-5-10(19-2)12(17)11(6-8)20-3/h5-6,17H,4H2,1-3H3,(H2,15,16,18,21). The highest BCUT2D eigenvalue weighted by atomic mass is 32.1. The molecule has 0 atom stereocenters. The third kappa shape index (κ3) is 3.08. The van der Waals surface area contributed by atoms with Gasteiger partial charge in [0.25, 0.3) is 5.56 Å². The van der Waals surface area contributed by atoms with Crippen LogP contribution in [0.5, 0.6) is 17.2 Å². The molecule has 1 aromatic carbocycles. The second kappa shape index (κ2) is 6.01. The van der Waals surface area contributed by atoms with Gasteiger partial charge in [0.2, 0.25) is 5.75 Å². The van der Waals surface area contributed by atoms with Crippen LogP contribution in [0.15, 0.2) is 16.9 Å².